The Hall–Kier alpha value is -1.01. The Morgan fingerprint density at radius 2 is 1.67 bits per heavy atom. The topological polar surface area (TPSA) is 44.8 Å². The number of hydrogen-bond acceptors (Lipinski definition) is 4. The molecule has 0 saturated heterocycles. The molecule has 0 unspecified atom stereocenters. The van der Waals surface area contributed by atoms with E-state index in [2.05, 4.69) is 17.3 Å². The Morgan fingerprint density at radius 3 is 2.33 bits per heavy atom. The molecule has 0 bridgehead atoms. The van der Waals surface area contributed by atoms with E-state index in [0.717, 1.165) is 11.0 Å². The molecule has 0 radical (unpaired) electrons. The van der Waals surface area contributed by atoms with Gasteiger partial charge in [0.2, 0.25) is 0 Å². The molecule has 0 aromatic heterocycles. The summed E-state index contributed by atoms with van der Waals surface area (Å²) < 4.78 is 16.0. The number of carbonyl (C=O) groups is 1. The first-order valence-electron chi connectivity index (χ1n) is 7.38. The number of hydrogen-bond donors (Lipinski definition) is 0. The molecule has 21 heavy (non-hydrogen) atoms. The van der Waals surface area contributed by atoms with Crippen LogP contribution in [0.1, 0.15) is 6.42 Å². The molecule has 0 atom stereocenters. The third kappa shape index (κ3) is 10.4. The molecule has 0 N–H and O–H groups in total. The maximum atomic E-state index is 11.5. The predicted octanol–water partition coefficient (Wildman–Crippen LogP) is 3.35. The van der Waals surface area contributed by atoms with Crippen LogP contribution in [0.15, 0.2) is 30.3 Å². The number of para-hydroxylation sites is 1. The molecule has 118 valence electrons. The normalized spacial score (nSPS) is 11.2. The smallest absolute Gasteiger partial charge is 0.0620 e. The van der Waals surface area contributed by atoms with Crippen LogP contribution in [0.25, 0.3) is 0 Å². The van der Waals surface area contributed by atoms with Crippen molar-refractivity contribution >= 4 is 19.2 Å². The molecule has 0 spiro atoms. The molecule has 0 fully saturated rings. The fraction of sp³-hybridized carbons (Fsp3) is 0.562. The summed E-state index contributed by atoms with van der Waals surface area (Å²) in [6.07, 6.45) is 0.542. The van der Waals surface area contributed by atoms with Crippen LogP contribution >= 0.6 is 0 Å². The predicted molar refractivity (Wildman–Crippen MR) is 86.5 cm³/mol. The van der Waals surface area contributed by atoms with E-state index in [1.165, 1.54) is 0 Å². The summed E-state index contributed by atoms with van der Waals surface area (Å²) in [6, 6.07) is 9.61. The van der Waals surface area contributed by atoms with E-state index in [4.69, 9.17) is 14.2 Å². The molecule has 1 rings (SSSR count). The minimum Gasteiger partial charge on any atom is -0.0620 e. The Kier molecular flexibility index (Phi) is 8.46. The zero-order chi connectivity index (χ0) is 15.6. The minimum atomic E-state index is -1.63. The molecule has 0 aliphatic carbocycles. The Morgan fingerprint density at radius 1 is 1.00 bits per heavy atom. The van der Waals surface area contributed by atoms with Gasteiger partial charge in [-0.05, 0) is 0 Å². The van der Waals surface area contributed by atoms with Gasteiger partial charge in [-0.25, -0.2) is 0 Å². The van der Waals surface area contributed by atoms with Gasteiger partial charge in [0.05, 0.1) is 0 Å². The summed E-state index contributed by atoms with van der Waals surface area (Å²) in [5, 5.41) is 1.02. The quantitative estimate of drug-likeness (QED) is 0.367. The second-order valence-corrected chi connectivity index (χ2v) is 17.8. The number of esters is 1. The van der Waals surface area contributed by atoms with Crippen LogP contribution < -0.4 is 4.74 Å². The molecule has 4 nitrogen and oxygen atoms in total. The van der Waals surface area contributed by atoms with Gasteiger partial charge >= 0.3 is 111 Å². The van der Waals surface area contributed by atoms with E-state index in [9.17, 15) is 4.79 Å². The van der Waals surface area contributed by atoms with Gasteiger partial charge in [-0.15, -0.1) is 0 Å². The van der Waals surface area contributed by atoms with Crippen molar-refractivity contribution < 1.29 is 19.0 Å². The first-order chi connectivity index (χ1) is 9.97. The summed E-state index contributed by atoms with van der Waals surface area (Å²) in [5.41, 5.74) is 0. The van der Waals surface area contributed by atoms with Gasteiger partial charge in [0, 0.05) is 0 Å². The molecule has 1 aromatic carbocycles. The van der Waals surface area contributed by atoms with Crippen molar-refractivity contribution in [1.29, 1.82) is 0 Å². The van der Waals surface area contributed by atoms with Crippen molar-refractivity contribution in [3.63, 3.8) is 0 Å². The van der Waals surface area contributed by atoms with E-state index < -0.39 is 13.3 Å². The minimum absolute atomic E-state index is 0.111. The number of carbonyl (C=O) groups excluding carboxylic acids is 1. The number of ether oxygens (including phenoxy) is 3. The van der Waals surface area contributed by atoms with Gasteiger partial charge in [-0.3, -0.25) is 0 Å². The Balaban J connectivity index is 1.94. The second-order valence-electron chi connectivity index (χ2n) is 6.06. The van der Waals surface area contributed by atoms with Gasteiger partial charge in [-0.1, -0.05) is 18.2 Å². The van der Waals surface area contributed by atoms with Gasteiger partial charge in [0.25, 0.3) is 0 Å². The fourth-order valence-corrected chi connectivity index (χ4v) is 3.60. The Labute approximate surface area is 130 Å². The van der Waals surface area contributed by atoms with E-state index in [1.807, 2.05) is 30.3 Å². The van der Waals surface area contributed by atoms with Gasteiger partial charge in [0.15, 0.2) is 0 Å². The van der Waals surface area contributed by atoms with Crippen molar-refractivity contribution in [3.8, 4) is 5.75 Å². The molecule has 0 amide bonds. The van der Waals surface area contributed by atoms with E-state index in [0.29, 0.717) is 32.8 Å². The molecule has 0 aliphatic rings. The van der Waals surface area contributed by atoms with Gasteiger partial charge < -0.3 is 0 Å². The van der Waals surface area contributed by atoms with Gasteiger partial charge in [0.1, 0.15) is 0 Å². The summed E-state index contributed by atoms with van der Waals surface area (Å²) in [4.78, 5) is 11.5. The van der Waals surface area contributed by atoms with Crippen LogP contribution in [0.3, 0.4) is 0 Å². The molecular weight excluding hydrogens is 329 g/mol. The number of benzene rings is 1. The van der Waals surface area contributed by atoms with Crippen molar-refractivity contribution in [3.05, 3.63) is 30.3 Å². The first kappa shape index (κ1) is 18.0. The molecule has 0 saturated carbocycles. The maximum absolute atomic E-state index is 11.5. The van der Waals surface area contributed by atoms with Crippen LogP contribution in [0.5, 0.6) is 5.75 Å². The third-order valence-electron chi connectivity index (χ3n) is 2.81. The molecule has 5 heteroatoms. The zero-order valence-corrected chi connectivity index (χ0v) is 15.4. The monoisotopic (exact) mass is 356 g/mol. The summed E-state index contributed by atoms with van der Waals surface area (Å²) >= 11 is -1.63. The fourth-order valence-electron chi connectivity index (χ4n) is 1.60. The van der Waals surface area contributed by atoms with Crippen molar-refractivity contribution in [2.45, 2.75) is 28.9 Å². The molecule has 0 aliphatic heterocycles. The van der Waals surface area contributed by atoms with Crippen molar-refractivity contribution in [2.24, 2.45) is 0 Å². The number of rotatable bonds is 10. The molecule has 0 heterocycles. The Bertz CT molecular complexity index is 400. The summed E-state index contributed by atoms with van der Waals surface area (Å²) in [5.74, 6) is 7.61. The SMILES string of the molecule is [CH3][Ge]([CH3])([CH3])[CH2]CC(=O)OCCOCCOc1ccccc1. The van der Waals surface area contributed by atoms with Crippen LogP contribution in [0, 0.1) is 0 Å². The molecule has 1 aromatic rings. The van der Waals surface area contributed by atoms with E-state index in [-0.39, 0.29) is 5.97 Å². The van der Waals surface area contributed by atoms with E-state index >= 15 is 0 Å². The van der Waals surface area contributed by atoms with Crippen molar-refractivity contribution in [1.82, 2.24) is 0 Å². The van der Waals surface area contributed by atoms with Crippen LogP contribution in [-0.2, 0) is 14.3 Å². The second kappa shape index (κ2) is 9.84. The van der Waals surface area contributed by atoms with Gasteiger partial charge in [-0.2, -0.15) is 0 Å². The zero-order valence-electron chi connectivity index (χ0n) is 13.3. The van der Waals surface area contributed by atoms with Crippen molar-refractivity contribution in [2.75, 3.05) is 26.4 Å². The first-order valence-corrected chi connectivity index (χ1v) is 15.2. The van der Waals surface area contributed by atoms with E-state index in [1.54, 1.807) is 0 Å². The average molecular weight is 355 g/mol. The summed E-state index contributed by atoms with van der Waals surface area (Å²) in [6.45, 7) is 1.72. The van der Waals surface area contributed by atoms with Crippen LogP contribution in [0.4, 0.5) is 0 Å². The summed E-state index contributed by atoms with van der Waals surface area (Å²) in [7, 11) is 0. The standard InChI is InChI=1S/C16H26GeO4/c1-17(2,3)10-9-16(18)21-14-12-19-11-13-20-15-7-5-4-6-8-15/h4-8H,9-14H2,1-3H3. The molecular formula is C16H26GeO4. The average Bonchev–Trinajstić information content (AvgIpc) is 2.44. The van der Waals surface area contributed by atoms with Crippen LogP contribution in [-0.4, -0.2) is 45.7 Å². The van der Waals surface area contributed by atoms with Crippen LogP contribution in [0.2, 0.25) is 22.5 Å². The third-order valence-corrected chi connectivity index (χ3v) is 6.48.